The summed E-state index contributed by atoms with van der Waals surface area (Å²) in [7, 11) is -4.80. The summed E-state index contributed by atoms with van der Waals surface area (Å²) >= 11 is 0. The highest BCUT2D eigenvalue weighted by Gasteiger charge is 2.41. The first-order valence-corrected chi connectivity index (χ1v) is 21.6. The number of halogens is 2. The first-order valence-electron chi connectivity index (χ1n) is 15.7. The number of nitrogens with one attached hydrogen (secondary N) is 1. The van der Waals surface area contributed by atoms with Crippen LogP contribution in [0, 0.1) is 17.6 Å². The summed E-state index contributed by atoms with van der Waals surface area (Å²) in [5, 5.41) is 3.19. The predicted octanol–water partition coefficient (Wildman–Crippen LogP) is 9.59. The number of benzene rings is 3. The summed E-state index contributed by atoms with van der Waals surface area (Å²) < 4.78 is 28.5. The molecule has 3 aromatic carbocycles. The van der Waals surface area contributed by atoms with Gasteiger partial charge in [0, 0.05) is 18.2 Å². The summed E-state index contributed by atoms with van der Waals surface area (Å²) in [6, 6.07) is 20.6. The van der Waals surface area contributed by atoms with E-state index in [1.807, 2.05) is 44.4 Å². The lowest BCUT2D eigenvalue weighted by Crippen LogP contribution is -2.40. The fourth-order valence-electron chi connectivity index (χ4n) is 6.26. The van der Waals surface area contributed by atoms with Crippen LogP contribution in [0.2, 0.25) is 36.3 Å². The van der Waals surface area contributed by atoms with Crippen LogP contribution in [-0.4, -0.2) is 32.8 Å². The molecule has 0 bridgehead atoms. The second-order valence-corrected chi connectivity index (χ2v) is 24.1. The number of rotatable bonds is 11. The lowest BCUT2D eigenvalue weighted by atomic mass is 9.73. The molecule has 3 aromatic rings. The Morgan fingerprint density at radius 1 is 0.814 bits per heavy atom. The summed E-state index contributed by atoms with van der Waals surface area (Å²) in [5.41, 5.74) is 5.42. The summed E-state index contributed by atoms with van der Waals surface area (Å²) in [5.74, 6) is -0.0555. The van der Waals surface area contributed by atoms with Crippen molar-refractivity contribution < 1.29 is 18.4 Å². The quantitative estimate of drug-likeness (QED) is 0.187. The zero-order valence-electron chi connectivity index (χ0n) is 27.3. The van der Waals surface area contributed by atoms with E-state index in [0.29, 0.717) is 0 Å². The van der Waals surface area contributed by atoms with Crippen LogP contribution in [0.1, 0.15) is 81.0 Å². The molecule has 1 heterocycles. The van der Waals surface area contributed by atoms with Gasteiger partial charge in [-0.1, -0.05) is 64.1 Å². The monoisotopic (exact) mass is 623 g/mol. The van der Waals surface area contributed by atoms with Crippen LogP contribution in [0.3, 0.4) is 0 Å². The molecular weight excluding hydrogens is 573 g/mol. The molecule has 3 nitrogen and oxygen atoms in total. The SMILES string of the molecule is CC(C)(Cc1ccc([C@H]2c3cc(F)ccc3NC[C@@H]2CC[C@H](CC(C)(C)[Si](C)(C)O)c2ccc(F)cc2)cc1)[Si](C)(C)O. The van der Waals surface area contributed by atoms with E-state index in [2.05, 4.69) is 57.3 Å². The number of hydrogen-bond donors (Lipinski definition) is 3. The maximum absolute atomic E-state index is 14.6. The van der Waals surface area contributed by atoms with Crippen LogP contribution < -0.4 is 5.32 Å². The average molecular weight is 624 g/mol. The number of hydrogen-bond acceptors (Lipinski definition) is 3. The third-order valence-corrected chi connectivity index (χ3v) is 17.7. The van der Waals surface area contributed by atoms with Crippen molar-refractivity contribution in [3.63, 3.8) is 0 Å². The Kier molecular flexibility index (Phi) is 9.82. The van der Waals surface area contributed by atoms with Crippen molar-refractivity contribution >= 4 is 22.3 Å². The lowest BCUT2D eigenvalue weighted by molar-refractivity contribution is 0.368. The van der Waals surface area contributed by atoms with E-state index in [0.717, 1.165) is 49.0 Å². The molecular formula is C36H51F2NO2Si2. The molecule has 43 heavy (non-hydrogen) atoms. The van der Waals surface area contributed by atoms with Gasteiger partial charge in [0.05, 0.1) is 0 Å². The van der Waals surface area contributed by atoms with E-state index in [1.54, 1.807) is 6.07 Å². The van der Waals surface area contributed by atoms with Crippen LogP contribution >= 0.6 is 0 Å². The second kappa shape index (κ2) is 12.6. The molecule has 0 saturated carbocycles. The van der Waals surface area contributed by atoms with Crippen molar-refractivity contribution in [2.75, 3.05) is 11.9 Å². The molecule has 0 fully saturated rings. The fraction of sp³-hybridized carbons (Fsp3) is 0.500. The summed E-state index contributed by atoms with van der Waals surface area (Å²) in [6.45, 7) is 17.4. The van der Waals surface area contributed by atoms with Crippen molar-refractivity contribution in [2.45, 2.75) is 101 Å². The van der Waals surface area contributed by atoms with Gasteiger partial charge in [-0.15, -0.1) is 0 Å². The Bertz CT molecular complexity index is 1380. The van der Waals surface area contributed by atoms with Crippen molar-refractivity contribution in [3.8, 4) is 0 Å². The highest BCUT2D eigenvalue weighted by Crippen LogP contribution is 2.48. The Hall–Kier alpha value is -2.33. The third-order valence-electron chi connectivity index (χ3n) is 10.7. The van der Waals surface area contributed by atoms with Gasteiger partial charge in [0.2, 0.25) is 0 Å². The van der Waals surface area contributed by atoms with E-state index in [4.69, 9.17) is 0 Å². The molecule has 0 aliphatic carbocycles. The topological polar surface area (TPSA) is 52.5 Å². The first-order chi connectivity index (χ1) is 19.9. The summed E-state index contributed by atoms with van der Waals surface area (Å²) in [6.07, 6.45) is 3.41. The Balaban J connectivity index is 1.64. The summed E-state index contributed by atoms with van der Waals surface area (Å²) in [4.78, 5) is 21.9. The molecule has 1 aliphatic rings. The maximum atomic E-state index is 14.6. The molecule has 0 amide bonds. The molecule has 0 aromatic heterocycles. The molecule has 3 N–H and O–H groups in total. The lowest BCUT2D eigenvalue weighted by Gasteiger charge is -2.39. The molecule has 1 aliphatic heterocycles. The van der Waals surface area contributed by atoms with E-state index < -0.39 is 16.6 Å². The molecule has 234 valence electrons. The van der Waals surface area contributed by atoms with Gasteiger partial charge in [-0.2, -0.15) is 0 Å². The van der Waals surface area contributed by atoms with Crippen LogP contribution in [0.15, 0.2) is 66.7 Å². The van der Waals surface area contributed by atoms with Gasteiger partial charge in [0.25, 0.3) is 0 Å². The third kappa shape index (κ3) is 7.85. The van der Waals surface area contributed by atoms with Gasteiger partial charge < -0.3 is 14.9 Å². The maximum Gasteiger partial charge on any atom is 0.188 e. The van der Waals surface area contributed by atoms with Crippen molar-refractivity contribution in [2.24, 2.45) is 5.92 Å². The van der Waals surface area contributed by atoms with Gasteiger partial charge in [0.1, 0.15) is 11.6 Å². The minimum atomic E-state index is -2.46. The highest BCUT2D eigenvalue weighted by atomic mass is 28.4. The van der Waals surface area contributed by atoms with E-state index in [9.17, 15) is 18.4 Å². The second-order valence-electron chi connectivity index (χ2n) is 15.2. The molecule has 0 spiro atoms. The van der Waals surface area contributed by atoms with Crippen molar-refractivity contribution in [3.05, 3.63) is 101 Å². The molecule has 4 rings (SSSR count). The van der Waals surface area contributed by atoms with Crippen LogP contribution in [0.25, 0.3) is 0 Å². The van der Waals surface area contributed by atoms with Gasteiger partial charge in [-0.3, -0.25) is 0 Å². The van der Waals surface area contributed by atoms with Crippen molar-refractivity contribution in [1.82, 2.24) is 0 Å². The first kappa shape index (κ1) is 33.6. The predicted molar refractivity (Wildman–Crippen MR) is 181 cm³/mol. The minimum Gasteiger partial charge on any atom is -0.432 e. The number of fused-ring (bicyclic) bond motifs is 1. The zero-order chi connectivity index (χ0) is 31.8. The Morgan fingerprint density at radius 2 is 1.40 bits per heavy atom. The highest BCUT2D eigenvalue weighted by molar-refractivity contribution is 6.73. The van der Waals surface area contributed by atoms with Gasteiger partial charge in [-0.05, 0) is 126 Å². The molecule has 0 unspecified atom stereocenters. The van der Waals surface area contributed by atoms with Gasteiger partial charge >= 0.3 is 0 Å². The Labute approximate surface area is 260 Å². The van der Waals surface area contributed by atoms with Crippen LogP contribution in [-0.2, 0) is 6.42 Å². The van der Waals surface area contributed by atoms with Crippen LogP contribution in [0.5, 0.6) is 0 Å². The molecule has 0 saturated heterocycles. The van der Waals surface area contributed by atoms with Gasteiger partial charge in [-0.25, -0.2) is 8.78 Å². The largest absolute Gasteiger partial charge is 0.432 e. The normalized spacial score (nSPS) is 18.6. The minimum absolute atomic E-state index is 0.0307. The van der Waals surface area contributed by atoms with E-state index in [-0.39, 0.29) is 39.5 Å². The van der Waals surface area contributed by atoms with Crippen LogP contribution in [0.4, 0.5) is 14.5 Å². The number of anilines is 1. The smallest absolute Gasteiger partial charge is 0.188 e. The fourth-order valence-corrected chi connectivity index (χ4v) is 7.64. The molecule has 7 heteroatoms. The van der Waals surface area contributed by atoms with Crippen molar-refractivity contribution in [1.29, 1.82) is 0 Å². The van der Waals surface area contributed by atoms with Gasteiger partial charge in [0.15, 0.2) is 16.6 Å². The zero-order valence-corrected chi connectivity index (χ0v) is 29.3. The van der Waals surface area contributed by atoms with E-state index >= 15 is 0 Å². The molecule has 0 radical (unpaired) electrons. The molecule has 3 atom stereocenters. The Morgan fingerprint density at radius 3 is 1.98 bits per heavy atom. The van der Waals surface area contributed by atoms with E-state index in [1.165, 1.54) is 29.3 Å². The standard InChI is InChI=1S/C36H51F2NO2Si2/c1-35(2,42(5,6)40)22-25-9-11-27(12-10-25)34-29(24-39-33-20-19-31(38)21-32(33)34)14-13-28(23-36(3,4)43(7,8)41)26-15-17-30(37)18-16-26/h9-12,15-21,28-29,34,39-41H,13-14,22-24H2,1-8H3/t28-,29+,34-/m1/s1. The average Bonchev–Trinajstić information content (AvgIpc) is 2.90.